The molecule has 1 aliphatic carbocycles. The van der Waals surface area contributed by atoms with Gasteiger partial charge in [0.25, 0.3) is 5.91 Å². The maximum atomic E-state index is 12.2. The summed E-state index contributed by atoms with van der Waals surface area (Å²) in [5.74, 6) is 0.697. The summed E-state index contributed by atoms with van der Waals surface area (Å²) in [5.41, 5.74) is 0.672. The van der Waals surface area contributed by atoms with Crippen LogP contribution >= 0.6 is 0 Å². The largest absolute Gasteiger partial charge is 0.390 e. The number of nitrogens with zero attached hydrogens (tertiary/aromatic N) is 2. The van der Waals surface area contributed by atoms with Gasteiger partial charge in [0.15, 0.2) is 0 Å². The monoisotopic (exact) mass is 263 g/mol. The topological polar surface area (TPSA) is 75.1 Å². The van der Waals surface area contributed by atoms with Crippen molar-refractivity contribution in [2.24, 2.45) is 0 Å². The predicted octanol–water partition coefficient (Wildman–Crippen LogP) is 1.55. The van der Waals surface area contributed by atoms with E-state index in [1.807, 2.05) is 20.8 Å². The highest BCUT2D eigenvalue weighted by atomic mass is 16.3. The molecule has 1 heterocycles. The molecule has 0 unspecified atom stereocenters. The van der Waals surface area contributed by atoms with Crippen LogP contribution in [0.25, 0.3) is 0 Å². The van der Waals surface area contributed by atoms with Crippen LogP contribution in [0.4, 0.5) is 0 Å². The number of nitrogens with one attached hydrogen (secondary N) is 1. The van der Waals surface area contributed by atoms with Crippen LogP contribution in [0.1, 0.15) is 61.4 Å². The van der Waals surface area contributed by atoms with E-state index < -0.39 is 5.60 Å². The third-order valence-electron chi connectivity index (χ3n) is 3.44. The van der Waals surface area contributed by atoms with Gasteiger partial charge in [-0.2, -0.15) is 0 Å². The molecule has 1 fully saturated rings. The Labute approximate surface area is 113 Å². The molecule has 1 aliphatic rings. The smallest absolute Gasteiger partial charge is 0.254 e. The highest BCUT2D eigenvalue weighted by molar-refractivity contribution is 5.95. The number of amides is 1. The molecular weight excluding hydrogens is 242 g/mol. The Morgan fingerprint density at radius 3 is 2.68 bits per heavy atom. The Kier molecular flexibility index (Phi) is 3.58. The van der Waals surface area contributed by atoms with E-state index in [9.17, 15) is 9.90 Å². The van der Waals surface area contributed by atoms with Gasteiger partial charge >= 0.3 is 0 Å². The quantitative estimate of drug-likeness (QED) is 0.867. The van der Waals surface area contributed by atoms with Crippen molar-refractivity contribution in [3.63, 3.8) is 0 Å². The fourth-order valence-corrected chi connectivity index (χ4v) is 2.47. The first-order valence-corrected chi connectivity index (χ1v) is 6.65. The summed E-state index contributed by atoms with van der Waals surface area (Å²) in [4.78, 5) is 20.7. The number of hydrogen-bond donors (Lipinski definition) is 2. The van der Waals surface area contributed by atoms with Crippen molar-refractivity contribution in [1.29, 1.82) is 0 Å². The summed E-state index contributed by atoms with van der Waals surface area (Å²) in [5, 5.41) is 12.6. The minimum absolute atomic E-state index is 0.0452. The molecule has 0 aliphatic heterocycles. The molecule has 0 saturated heterocycles. The van der Waals surface area contributed by atoms with Crippen LogP contribution in [0.5, 0.6) is 0 Å². The standard InChI is InChI=1S/C14H21N3O2/c1-8(2)12-11(7-15-9(3)16-12)13(18)17-10-5-14(4,19)6-10/h7-8,10,19H,5-6H2,1-4H3,(H,17,18). The first kappa shape index (κ1) is 13.9. The normalized spacial score (nSPS) is 26.1. The second-order valence-corrected chi connectivity index (χ2v) is 5.95. The van der Waals surface area contributed by atoms with Gasteiger partial charge < -0.3 is 10.4 Å². The van der Waals surface area contributed by atoms with Crippen LogP contribution in [0.15, 0.2) is 6.20 Å². The summed E-state index contributed by atoms with van der Waals surface area (Å²) in [7, 11) is 0. The van der Waals surface area contributed by atoms with Crippen molar-refractivity contribution >= 4 is 5.91 Å². The second kappa shape index (κ2) is 4.89. The summed E-state index contributed by atoms with van der Waals surface area (Å²) in [6.45, 7) is 7.61. The van der Waals surface area contributed by atoms with Crippen LogP contribution in [-0.4, -0.2) is 32.6 Å². The molecule has 0 atom stereocenters. The molecule has 5 nitrogen and oxygen atoms in total. The predicted molar refractivity (Wildman–Crippen MR) is 72.0 cm³/mol. The van der Waals surface area contributed by atoms with Crippen molar-refractivity contribution < 1.29 is 9.90 Å². The number of carbonyl (C=O) groups is 1. The van der Waals surface area contributed by atoms with E-state index in [0.717, 1.165) is 5.69 Å². The number of carbonyl (C=O) groups excluding carboxylic acids is 1. The van der Waals surface area contributed by atoms with Gasteiger partial charge in [-0.25, -0.2) is 9.97 Å². The van der Waals surface area contributed by atoms with E-state index in [2.05, 4.69) is 15.3 Å². The lowest BCUT2D eigenvalue weighted by Gasteiger charge is -2.41. The summed E-state index contributed by atoms with van der Waals surface area (Å²) >= 11 is 0. The van der Waals surface area contributed by atoms with Crippen LogP contribution < -0.4 is 5.32 Å². The lowest BCUT2D eigenvalue weighted by Crippen LogP contribution is -2.53. The number of aliphatic hydroxyl groups is 1. The number of aromatic nitrogens is 2. The minimum atomic E-state index is -0.636. The Morgan fingerprint density at radius 2 is 2.16 bits per heavy atom. The molecule has 5 heteroatoms. The Bertz CT molecular complexity index is 489. The average molecular weight is 263 g/mol. The Hall–Kier alpha value is -1.49. The third kappa shape index (κ3) is 3.10. The van der Waals surface area contributed by atoms with Crippen molar-refractivity contribution in [2.45, 2.75) is 58.1 Å². The van der Waals surface area contributed by atoms with Crippen LogP contribution in [0.2, 0.25) is 0 Å². The Balaban J connectivity index is 2.11. The molecular formula is C14H21N3O2. The molecule has 0 spiro atoms. The zero-order valence-electron chi connectivity index (χ0n) is 11.9. The van der Waals surface area contributed by atoms with E-state index in [-0.39, 0.29) is 17.9 Å². The van der Waals surface area contributed by atoms with Gasteiger partial charge in [-0.05, 0) is 32.6 Å². The van der Waals surface area contributed by atoms with Gasteiger partial charge in [-0.15, -0.1) is 0 Å². The van der Waals surface area contributed by atoms with Crippen molar-refractivity contribution in [1.82, 2.24) is 15.3 Å². The van der Waals surface area contributed by atoms with E-state index in [4.69, 9.17) is 0 Å². The number of aryl methyl sites for hydroxylation is 1. The molecule has 19 heavy (non-hydrogen) atoms. The Morgan fingerprint density at radius 1 is 1.53 bits per heavy atom. The fraction of sp³-hybridized carbons (Fsp3) is 0.643. The molecule has 1 saturated carbocycles. The summed E-state index contributed by atoms with van der Waals surface area (Å²) in [6.07, 6.45) is 2.79. The van der Waals surface area contributed by atoms with Gasteiger partial charge in [0.1, 0.15) is 5.82 Å². The maximum absolute atomic E-state index is 12.2. The highest BCUT2D eigenvalue weighted by Gasteiger charge is 2.39. The van der Waals surface area contributed by atoms with Gasteiger partial charge in [-0.3, -0.25) is 4.79 Å². The number of hydrogen-bond acceptors (Lipinski definition) is 4. The number of rotatable bonds is 3. The molecule has 104 valence electrons. The lowest BCUT2D eigenvalue weighted by atomic mass is 9.77. The van der Waals surface area contributed by atoms with Crippen LogP contribution in [0, 0.1) is 6.92 Å². The summed E-state index contributed by atoms with van der Waals surface area (Å²) < 4.78 is 0. The van der Waals surface area contributed by atoms with Gasteiger partial charge in [0.2, 0.25) is 0 Å². The van der Waals surface area contributed by atoms with E-state index in [1.54, 1.807) is 13.1 Å². The first-order valence-electron chi connectivity index (χ1n) is 6.65. The first-order chi connectivity index (χ1) is 8.78. The van der Waals surface area contributed by atoms with Crippen molar-refractivity contribution in [2.75, 3.05) is 0 Å². The molecule has 0 radical (unpaired) electrons. The van der Waals surface area contributed by atoms with Crippen molar-refractivity contribution in [3.8, 4) is 0 Å². The molecule has 0 bridgehead atoms. The minimum Gasteiger partial charge on any atom is -0.390 e. The molecule has 1 aromatic heterocycles. The molecule has 1 amide bonds. The molecule has 2 rings (SSSR count). The van der Waals surface area contributed by atoms with Gasteiger partial charge in [-0.1, -0.05) is 13.8 Å². The average Bonchev–Trinajstić information content (AvgIpc) is 2.26. The maximum Gasteiger partial charge on any atom is 0.254 e. The third-order valence-corrected chi connectivity index (χ3v) is 3.44. The van der Waals surface area contributed by atoms with E-state index >= 15 is 0 Å². The zero-order valence-corrected chi connectivity index (χ0v) is 11.9. The summed E-state index contributed by atoms with van der Waals surface area (Å²) in [6, 6.07) is 0.0452. The molecule has 2 N–H and O–H groups in total. The lowest BCUT2D eigenvalue weighted by molar-refractivity contribution is -0.0367. The molecule has 0 aromatic carbocycles. The van der Waals surface area contributed by atoms with Crippen LogP contribution in [-0.2, 0) is 0 Å². The van der Waals surface area contributed by atoms with Crippen LogP contribution in [0.3, 0.4) is 0 Å². The second-order valence-electron chi connectivity index (χ2n) is 5.95. The highest BCUT2D eigenvalue weighted by Crippen LogP contribution is 2.31. The van der Waals surface area contributed by atoms with E-state index in [0.29, 0.717) is 24.2 Å². The van der Waals surface area contributed by atoms with Gasteiger partial charge in [0.05, 0.1) is 16.9 Å². The fourth-order valence-electron chi connectivity index (χ4n) is 2.47. The SMILES string of the molecule is Cc1ncc(C(=O)NC2CC(C)(O)C2)c(C(C)C)n1. The van der Waals surface area contributed by atoms with Crippen molar-refractivity contribution in [3.05, 3.63) is 23.3 Å². The van der Waals surface area contributed by atoms with E-state index in [1.165, 1.54) is 0 Å². The molecule has 1 aromatic rings. The van der Waals surface area contributed by atoms with Gasteiger partial charge in [0, 0.05) is 12.2 Å². The zero-order chi connectivity index (χ0) is 14.2.